The summed E-state index contributed by atoms with van der Waals surface area (Å²) in [5.74, 6) is 0. The second-order valence-corrected chi connectivity index (χ2v) is 8.48. The minimum absolute atomic E-state index is 0.950. The molecule has 0 fully saturated rings. The molecule has 0 bridgehead atoms. The molecular weight excluding hydrogens is 160 g/mol. The van der Waals surface area contributed by atoms with Crippen LogP contribution >= 0.6 is 0 Å². The van der Waals surface area contributed by atoms with Crippen LogP contribution < -0.4 is 0 Å². The predicted molar refractivity (Wildman–Crippen MR) is 61.2 cm³/mol. The van der Waals surface area contributed by atoms with Gasteiger partial charge in [0, 0.05) is 0 Å². The molecule has 0 spiro atoms. The van der Waals surface area contributed by atoms with Gasteiger partial charge in [0.1, 0.15) is 0 Å². The number of rotatable bonds is 6. The van der Waals surface area contributed by atoms with Gasteiger partial charge in [-0.2, -0.15) is 0 Å². The average Bonchev–Trinajstić information content (AvgIpc) is 2.06. The van der Waals surface area contributed by atoms with Crippen molar-refractivity contribution in [3.63, 3.8) is 0 Å². The zero-order chi connectivity index (χ0) is 9.45. The van der Waals surface area contributed by atoms with E-state index in [1.54, 1.807) is 0 Å². The third-order valence-corrected chi connectivity index (χ3v) is 8.16. The van der Waals surface area contributed by atoms with Crippen LogP contribution in [0.1, 0.15) is 40.5 Å². The summed E-state index contributed by atoms with van der Waals surface area (Å²) in [4.78, 5) is 0. The Hall–Kier alpha value is -0.0431. The van der Waals surface area contributed by atoms with Crippen molar-refractivity contribution in [1.82, 2.24) is 0 Å². The lowest BCUT2D eigenvalue weighted by Crippen LogP contribution is -2.30. The fourth-order valence-electron chi connectivity index (χ4n) is 2.11. The van der Waals surface area contributed by atoms with E-state index in [0.717, 1.165) is 0 Å². The van der Waals surface area contributed by atoms with Crippen LogP contribution in [0.5, 0.6) is 0 Å². The second kappa shape index (κ2) is 6.47. The van der Waals surface area contributed by atoms with Crippen LogP contribution in [0, 0.1) is 0 Å². The van der Waals surface area contributed by atoms with Crippen molar-refractivity contribution in [3.05, 3.63) is 11.8 Å². The van der Waals surface area contributed by atoms with Gasteiger partial charge in [0.25, 0.3) is 0 Å². The molecule has 0 N–H and O–H groups in total. The molecule has 0 unspecified atom stereocenters. The van der Waals surface area contributed by atoms with E-state index in [1.165, 1.54) is 31.0 Å². The normalized spacial score (nSPS) is 12.7. The average molecular weight is 184 g/mol. The smallest absolute Gasteiger partial charge is 0.0771 e. The van der Waals surface area contributed by atoms with E-state index in [-0.39, 0.29) is 0 Å². The SMILES string of the molecule is CC=C[Si](CC)(CCC)CCC. The highest BCUT2D eigenvalue weighted by Gasteiger charge is 2.24. The highest BCUT2D eigenvalue weighted by Crippen LogP contribution is 2.25. The van der Waals surface area contributed by atoms with Crippen LogP contribution in [-0.4, -0.2) is 8.07 Å². The third-order valence-electron chi connectivity index (χ3n) is 2.72. The first-order valence-corrected chi connectivity index (χ1v) is 8.08. The largest absolute Gasteiger partial charge is 0.0984 e. The molecule has 1 heteroatoms. The van der Waals surface area contributed by atoms with E-state index in [4.69, 9.17) is 0 Å². The Morgan fingerprint density at radius 3 is 1.75 bits per heavy atom. The standard InChI is InChI=1S/C11H24Si/c1-5-9-12(8-4,10-6-2)11-7-3/h5,9H,6-8,10-11H2,1-4H3. The summed E-state index contributed by atoms with van der Waals surface area (Å²) >= 11 is 0. The Morgan fingerprint density at radius 2 is 1.50 bits per heavy atom. The molecule has 0 radical (unpaired) electrons. The quantitative estimate of drug-likeness (QED) is 0.537. The molecule has 0 aliphatic heterocycles. The van der Waals surface area contributed by atoms with Crippen LogP contribution in [0.4, 0.5) is 0 Å². The molecule has 0 aromatic carbocycles. The van der Waals surface area contributed by atoms with Gasteiger partial charge in [-0.1, -0.05) is 63.5 Å². The Bertz CT molecular complexity index is 121. The van der Waals surface area contributed by atoms with Crippen LogP contribution in [0.2, 0.25) is 18.1 Å². The highest BCUT2D eigenvalue weighted by molar-refractivity contribution is 6.84. The zero-order valence-corrected chi connectivity index (χ0v) is 10.2. The van der Waals surface area contributed by atoms with Gasteiger partial charge in [-0.05, 0) is 6.92 Å². The summed E-state index contributed by atoms with van der Waals surface area (Å²) in [7, 11) is -0.950. The lowest BCUT2D eigenvalue weighted by atomic mass is 10.6. The van der Waals surface area contributed by atoms with Crippen LogP contribution in [0.3, 0.4) is 0 Å². The molecule has 12 heavy (non-hydrogen) atoms. The summed E-state index contributed by atoms with van der Waals surface area (Å²) in [5.41, 5.74) is 2.56. The molecule has 0 atom stereocenters. The molecular formula is C11H24Si. The van der Waals surface area contributed by atoms with Crippen molar-refractivity contribution in [2.75, 3.05) is 0 Å². The molecule has 0 aromatic heterocycles. The lowest BCUT2D eigenvalue weighted by molar-refractivity contribution is 0.971. The van der Waals surface area contributed by atoms with Crippen molar-refractivity contribution in [3.8, 4) is 0 Å². The number of hydrogen-bond acceptors (Lipinski definition) is 0. The van der Waals surface area contributed by atoms with Gasteiger partial charge in [0.2, 0.25) is 0 Å². The molecule has 0 saturated heterocycles. The zero-order valence-electron chi connectivity index (χ0n) is 9.19. The maximum absolute atomic E-state index is 2.56. The van der Waals surface area contributed by atoms with E-state index in [0.29, 0.717) is 0 Å². The van der Waals surface area contributed by atoms with Crippen molar-refractivity contribution in [2.45, 2.75) is 58.7 Å². The Morgan fingerprint density at radius 1 is 1.00 bits per heavy atom. The van der Waals surface area contributed by atoms with Crippen molar-refractivity contribution >= 4 is 8.07 Å². The van der Waals surface area contributed by atoms with Crippen molar-refractivity contribution in [2.24, 2.45) is 0 Å². The van der Waals surface area contributed by atoms with Gasteiger partial charge in [0.05, 0.1) is 8.07 Å². The number of hydrogen-bond donors (Lipinski definition) is 0. The first kappa shape index (κ1) is 12.0. The number of allylic oxidation sites excluding steroid dienone is 1. The molecule has 0 amide bonds. The summed E-state index contributed by atoms with van der Waals surface area (Å²) in [6.07, 6.45) is 5.01. The van der Waals surface area contributed by atoms with Gasteiger partial charge in [-0.25, -0.2) is 0 Å². The van der Waals surface area contributed by atoms with Crippen LogP contribution in [0.15, 0.2) is 11.8 Å². The second-order valence-electron chi connectivity index (χ2n) is 3.72. The van der Waals surface area contributed by atoms with Gasteiger partial charge >= 0.3 is 0 Å². The highest BCUT2D eigenvalue weighted by atomic mass is 28.3. The van der Waals surface area contributed by atoms with E-state index in [2.05, 4.69) is 39.5 Å². The minimum atomic E-state index is -0.950. The minimum Gasteiger partial charge on any atom is -0.0984 e. The van der Waals surface area contributed by atoms with E-state index in [9.17, 15) is 0 Å². The summed E-state index contributed by atoms with van der Waals surface area (Å²) in [6.45, 7) is 9.17. The third kappa shape index (κ3) is 3.57. The van der Waals surface area contributed by atoms with Crippen LogP contribution in [0.25, 0.3) is 0 Å². The fourth-order valence-corrected chi connectivity index (χ4v) is 6.34. The molecule has 0 aliphatic rings. The Balaban J connectivity index is 4.27. The predicted octanol–water partition coefficient (Wildman–Crippen LogP) is 4.39. The maximum atomic E-state index is 2.56. The van der Waals surface area contributed by atoms with Gasteiger partial charge in [0.15, 0.2) is 0 Å². The van der Waals surface area contributed by atoms with Gasteiger partial charge in [-0.3, -0.25) is 0 Å². The fraction of sp³-hybridized carbons (Fsp3) is 0.818. The summed E-state index contributed by atoms with van der Waals surface area (Å²) in [6, 6.07) is 4.41. The van der Waals surface area contributed by atoms with Gasteiger partial charge in [-0.15, -0.1) is 0 Å². The first-order chi connectivity index (χ1) is 5.74. The topological polar surface area (TPSA) is 0 Å². The summed E-state index contributed by atoms with van der Waals surface area (Å²) < 4.78 is 0. The molecule has 0 aliphatic carbocycles. The Labute approximate surface area is 79.1 Å². The van der Waals surface area contributed by atoms with Crippen molar-refractivity contribution in [1.29, 1.82) is 0 Å². The first-order valence-electron chi connectivity index (χ1n) is 5.38. The molecule has 0 rings (SSSR count). The van der Waals surface area contributed by atoms with E-state index < -0.39 is 8.07 Å². The monoisotopic (exact) mass is 184 g/mol. The van der Waals surface area contributed by atoms with Crippen molar-refractivity contribution < 1.29 is 0 Å². The Kier molecular flexibility index (Phi) is 6.45. The van der Waals surface area contributed by atoms with Crippen LogP contribution in [-0.2, 0) is 0 Å². The molecule has 0 aromatic rings. The lowest BCUT2D eigenvalue weighted by Gasteiger charge is -2.26. The van der Waals surface area contributed by atoms with E-state index in [1.807, 2.05) is 0 Å². The molecule has 0 saturated carbocycles. The van der Waals surface area contributed by atoms with Gasteiger partial charge < -0.3 is 0 Å². The van der Waals surface area contributed by atoms with E-state index >= 15 is 0 Å². The molecule has 0 nitrogen and oxygen atoms in total. The summed E-state index contributed by atoms with van der Waals surface area (Å²) in [5, 5.41) is 0. The molecule has 72 valence electrons. The molecule has 0 heterocycles. The maximum Gasteiger partial charge on any atom is 0.0771 e.